The SMILES string of the molecule is CCC1CCC(C#N)C(N(CC)CCCN(CC)CC)C1. The van der Waals surface area contributed by atoms with Gasteiger partial charge in [-0.3, -0.25) is 4.90 Å². The maximum absolute atomic E-state index is 9.47. The molecular formula is C18H35N3. The van der Waals surface area contributed by atoms with Gasteiger partial charge in [0.15, 0.2) is 0 Å². The van der Waals surface area contributed by atoms with Crippen LogP contribution >= 0.6 is 0 Å². The van der Waals surface area contributed by atoms with Crippen molar-refractivity contribution < 1.29 is 0 Å². The van der Waals surface area contributed by atoms with E-state index in [-0.39, 0.29) is 5.92 Å². The Morgan fingerprint density at radius 2 is 1.71 bits per heavy atom. The van der Waals surface area contributed by atoms with E-state index in [0.717, 1.165) is 38.5 Å². The Hall–Kier alpha value is -0.590. The van der Waals surface area contributed by atoms with E-state index in [1.165, 1.54) is 32.2 Å². The van der Waals surface area contributed by atoms with Gasteiger partial charge in [-0.1, -0.05) is 34.1 Å². The lowest BCUT2D eigenvalue weighted by molar-refractivity contribution is 0.0995. The first kappa shape index (κ1) is 18.5. The molecule has 1 aliphatic carbocycles. The molecule has 0 aromatic heterocycles. The van der Waals surface area contributed by atoms with Crippen LogP contribution in [0.1, 0.15) is 59.8 Å². The molecule has 0 radical (unpaired) electrons. The van der Waals surface area contributed by atoms with Crippen molar-refractivity contribution in [3.05, 3.63) is 0 Å². The summed E-state index contributed by atoms with van der Waals surface area (Å²) in [5, 5.41) is 9.47. The highest BCUT2D eigenvalue weighted by Crippen LogP contribution is 2.33. The number of hydrogen-bond acceptors (Lipinski definition) is 3. The summed E-state index contributed by atoms with van der Waals surface area (Å²) < 4.78 is 0. The van der Waals surface area contributed by atoms with Crippen molar-refractivity contribution in [1.82, 2.24) is 9.80 Å². The van der Waals surface area contributed by atoms with Crippen molar-refractivity contribution in [2.24, 2.45) is 11.8 Å². The van der Waals surface area contributed by atoms with E-state index >= 15 is 0 Å². The monoisotopic (exact) mass is 293 g/mol. The summed E-state index contributed by atoms with van der Waals surface area (Å²) >= 11 is 0. The average Bonchev–Trinajstić information content (AvgIpc) is 2.54. The van der Waals surface area contributed by atoms with Gasteiger partial charge in [0.2, 0.25) is 0 Å². The molecule has 3 nitrogen and oxygen atoms in total. The molecule has 0 amide bonds. The van der Waals surface area contributed by atoms with Gasteiger partial charge in [0.05, 0.1) is 12.0 Å². The predicted molar refractivity (Wildman–Crippen MR) is 90.2 cm³/mol. The van der Waals surface area contributed by atoms with Crippen LogP contribution in [-0.2, 0) is 0 Å². The highest BCUT2D eigenvalue weighted by atomic mass is 15.2. The van der Waals surface area contributed by atoms with Crippen molar-refractivity contribution in [3.63, 3.8) is 0 Å². The molecule has 0 bridgehead atoms. The van der Waals surface area contributed by atoms with Gasteiger partial charge in [-0.2, -0.15) is 5.26 Å². The zero-order valence-corrected chi connectivity index (χ0v) is 14.6. The molecule has 1 fully saturated rings. The first-order valence-corrected chi connectivity index (χ1v) is 9.05. The molecule has 21 heavy (non-hydrogen) atoms. The maximum atomic E-state index is 9.47. The van der Waals surface area contributed by atoms with Gasteiger partial charge in [-0.25, -0.2) is 0 Å². The smallest absolute Gasteiger partial charge is 0.0672 e. The first-order chi connectivity index (χ1) is 10.2. The van der Waals surface area contributed by atoms with Gasteiger partial charge in [-0.15, -0.1) is 0 Å². The maximum Gasteiger partial charge on any atom is 0.0672 e. The molecule has 0 aromatic carbocycles. The molecule has 0 heterocycles. The molecule has 3 unspecified atom stereocenters. The highest BCUT2D eigenvalue weighted by molar-refractivity contribution is 4.97. The van der Waals surface area contributed by atoms with Gasteiger partial charge >= 0.3 is 0 Å². The topological polar surface area (TPSA) is 30.3 Å². The van der Waals surface area contributed by atoms with Crippen molar-refractivity contribution in [2.75, 3.05) is 32.7 Å². The van der Waals surface area contributed by atoms with Crippen LogP contribution in [0.15, 0.2) is 0 Å². The van der Waals surface area contributed by atoms with Crippen molar-refractivity contribution >= 4 is 0 Å². The minimum absolute atomic E-state index is 0.251. The molecular weight excluding hydrogens is 258 g/mol. The molecule has 1 saturated carbocycles. The lowest BCUT2D eigenvalue weighted by Gasteiger charge is -2.40. The summed E-state index contributed by atoms with van der Waals surface area (Å²) in [6, 6.07) is 3.08. The minimum atomic E-state index is 0.251. The molecule has 0 aliphatic heterocycles. The van der Waals surface area contributed by atoms with E-state index < -0.39 is 0 Å². The van der Waals surface area contributed by atoms with Gasteiger partial charge < -0.3 is 4.90 Å². The molecule has 3 heteroatoms. The van der Waals surface area contributed by atoms with Crippen LogP contribution in [0.3, 0.4) is 0 Å². The second kappa shape index (κ2) is 10.2. The van der Waals surface area contributed by atoms with Crippen LogP contribution in [0.25, 0.3) is 0 Å². The van der Waals surface area contributed by atoms with Crippen LogP contribution in [0.2, 0.25) is 0 Å². The summed E-state index contributed by atoms with van der Waals surface area (Å²) in [5.74, 6) is 1.08. The molecule has 0 aromatic rings. The summed E-state index contributed by atoms with van der Waals surface area (Å²) in [6.45, 7) is 14.7. The van der Waals surface area contributed by atoms with Crippen LogP contribution < -0.4 is 0 Å². The van der Waals surface area contributed by atoms with Gasteiger partial charge in [-0.05, 0) is 64.3 Å². The summed E-state index contributed by atoms with van der Waals surface area (Å²) in [6.07, 6.45) is 6.08. The Morgan fingerprint density at radius 3 is 2.24 bits per heavy atom. The van der Waals surface area contributed by atoms with E-state index in [1.807, 2.05) is 0 Å². The van der Waals surface area contributed by atoms with Crippen LogP contribution in [-0.4, -0.2) is 48.6 Å². The largest absolute Gasteiger partial charge is 0.304 e. The van der Waals surface area contributed by atoms with E-state index in [2.05, 4.69) is 43.6 Å². The molecule has 3 atom stereocenters. The van der Waals surface area contributed by atoms with E-state index in [1.54, 1.807) is 0 Å². The van der Waals surface area contributed by atoms with Gasteiger partial charge in [0.25, 0.3) is 0 Å². The molecule has 122 valence electrons. The average molecular weight is 293 g/mol. The first-order valence-electron chi connectivity index (χ1n) is 9.05. The van der Waals surface area contributed by atoms with E-state index in [0.29, 0.717) is 6.04 Å². The summed E-state index contributed by atoms with van der Waals surface area (Å²) in [5.41, 5.74) is 0. The van der Waals surface area contributed by atoms with Crippen molar-refractivity contribution in [1.29, 1.82) is 5.26 Å². The fourth-order valence-electron chi connectivity index (χ4n) is 3.75. The van der Waals surface area contributed by atoms with Gasteiger partial charge in [0, 0.05) is 6.04 Å². The number of nitrogens with zero attached hydrogens (tertiary/aromatic N) is 3. The highest BCUT2D eigenvalue weighted by Gasteiger charge is 2.33. The van der Waals surface area contributed by atoms with Crippen LogP contribution in [0.4, 0.5) is 0 Å². The molecule has 1 rings (SSSR count). The van der Waals surface area contributed by atoms with Crippen LogP contribution in [0.5, 0.6) is 0 Å². The standard InChI is InChI=1S/C18H35N3/c1-5-16-10-11-17(15-19)18(14-16)21(8-4)13-9-12-20(6-2)7-3/h16-18H,5-14H2,1-4H3. The summed E-state index contributed by atoms with van der Waals surface area (Å²) in [4.78, 5) is 5.07. The third-order valence-electron chi connectivity index (χ3n) is 5.36. The Labute approximate surface area is 132 Å². The Balaban J connectivity index is 2.53. The normalized spacial score (nSPS) is 26.2. The zero-order valence-electron chi connectivity index (χ0n) is 14.6. The number of hydrogen-bond donors (Lipinski definition) is 0. The molecule has 0 N–H and O–H groups in total. The Bertz CT molecular complexity index is 306. The lowest BCUT2D eigenvalue weighted by atomic mass is 9.77. The second-order valence-corrected chi connectivity index (χ2v) is 6.40. The Morgan fingerprint density at radius 1 is 1.00 bits per heavy atom. The zero-order chi connectivity index (χ0) is 15.7. The molecule has 0 saturated heterocycles. The van der Waals surface area contributed by atoms with Crippen LogP contribution in [0, 0.1) is 23.2 Å². The molecule has 1 aliphatic rings. The summed E-state index contributed by atoms with van der Waals surface area (Å²) in [7, 11) is 0. The molecule has 0 spiro atoms. The number of nitriles is 1. The third-order valence-corrected chi connectivity index (χ3v) is 5.36. The lowest BCUT2D eigenvalue weighted by Crippen LogP contribution is -2.45. The fourth-order valence-corrected chi connectivity index (χ4v) is 3.75. The van der Waals surface area contributed by atoms with Gasteiger partial charge in [0.1, 0.15) is 0 Å². The van der Waals surface area contributed by atoms with E-state index in [9.17, 15) is 5.26 Å². The fraction of sp³-hybridized carbons (Fsp3) is 0.944. The number of rotatable bonds is 9. The quantitative estimate of drug-likeness (QED) is 0.648. The van der Waals surface area contributed by atoms with E-state index in [4.69, 9.17) is 0 Å². The Kier molecular flexibility index (Phi) is 8.96. The van der Waals surface area contributed by atoms with Crippen molar-refractivity contribution in [3.8, 4) is 6.07 Å². The second-order valence-electron chi connectivity index (χ2n) is 6.40. The van der Waals surface area contributed by atoms with Crippen molar-refractivity contribution in [2.45, 2.75) is 65.8 Å². The third kappa shape index (κ3) is 5.60. The predicted octanol–water partition coefficient (Wildman–Crippen LogP) is 3.76. The minimum Gasteiger partial charge on any atom is -0.304 e.